The van der Waals surface area contributed by atoms with Gasteiger partial charge in [0.05, 0.1) is 13.7 Å². The van der Waals surface area contributed by atoms with E-state index in [1.54, 1.807) is 7.11 Å². The third-order valence-corrected chi connectivity index (χ3v) is 5.70. The summed E-state index contributed by atoms with van der Waals surface area (Å²) in [5.74, 6) is 0.931. The predicted molar refractivity (Wildman–Crippen MR) is 125 cm³/mol. The molecule has 3 rings (SSSR count). The van der Waals surface area contributed by atoms with E-state index in [1.807, 2.05) is 47.4 Å². The zero-order valence-corrected chi connectivity index (χ0v) is 19.3. The maximum absolute atomic E-state index is 13.2. The fourth-order valence-corrected chi connectivity index (χ4v) is 3.75. The summed E-state index contributed by atoms with van der Waals surface area (Å²) in [5, 5.41) is 0. The second kappa shape index (κ2) is 11.0. The highest BCUT2D eigenvalue weighted by Gasteiger charge is 2.17. The highest BCUT2D eigenvalue weighted by molar-refractivity contribution is 9.10. The number of carbonyl (C=O) groups is 1. The highest BCUT2D eigenvalue weighted by Crippen LogP contribution is 2.18. The van der Waals surface area contributed by atoms with E-state index in [0.717, 1.165) is 53.8 Å². The average molecular weight is 469 g/mol. The summed E-state index contributed by atoms with van der Waals surface area (Å²) in [6.07, 6.45) is 5.33. The van der Waals surface area contributed by atoms with Crippen LogP contribution in [0.5, 0.6) is 5.75 Å². The largest absolute Gasteiger partial charge is 0.497 e. The van der Waals surface area contributed by atoms with Gasteiger partial charge >= 0.3 is 0 Å². The maximum atomic E-state index is 13.2. The molecule has 0 radical (unpaired) electrons. The fourth-order valence-electron chi connectivity index (χ4n) is 3.49. The van der Waals surface area contributed by atoms with Gasteiger partial charge in [-0.25, -0.2) is 0 Å². The summed E-state index contributed by atoms with van der Waals surface area (Å²) in [6, 6.07) is 19.9. The molecule has 30 heavy (non-hydrogen) atoms. The van der Waals surface area contributed by atoms with Crippen molar-refractivity contribution in [3.63, 3.8) is 0 Å². The summed E-state index contributed by atoms with van der Waals surface area (Å²) in [6.45, 7) is 4.28. The van der Waals surface area contributed by atoms with Gasteiger partial charge in [-0.2, -0.15) is 0 Å². The maximum Gasteiger partial charge on any atom is 0.254 e. The van der Waals surface area contributed by atoms with Crippen molar-refractivity contribution in [3.8, 4) is 5.75 Å². The van der Waals surface area contributed by atoms with Crippen LogP contribution >= 0.6 is 15.9 Å². The number of ether oxygens (including phenoxy) is 1. The van der Waals surface area contributed by atoms with E-state index in [4.69, 9.17) is 4.74 Å². The van der Waals surface area contributed by atoms with Gasteiger partial charge < -0.3 is 14.2 Å². The Kier molecular flexibility index (Phi) is 8.14. The first-order valence-corrected chi connectivity index (χ1v) is 11.2. The van der Waals surface area contributed by atoms with Crippen molar-refractivity contribution in [1.29, 1.82) is 0 Å². The first-order valence-electron chi connectivity index (χ1n) is 10.4. The fraction of sp³-hybridized carbons (Fsp3) is 0.320. The minimum atomic E-state index is 0.0766. The Labute approximate surface area is 187 Å². The number of benzene rings is 2. The van der Waals surface area contributed by atoms with E-state index in [2.05, 4.69) is 51.8 Å². The molecule has 0 fully saturated rings. The molecule has 1 amide bonds. The van der Waals surface area contributed by atoms with Gasteiger partial charge in [0.1, 0.15) is 5.75 Å². The molecule has 0 aliphatic rings. The van der Waals surface area contributed by atoms with Crippen LogP contribution < -0.4 is 4.74 Å². The lowest BCUT2D eigenvalue weighted by atomic mass is 10.1. The number of hydrogen-bond donors (Lipinski definition) is 0. The van der Waals surface area contributed by atoms with Crippen molar-refractivity contribution >= 4 is 21.8 Å². The van der Waals surface area contributed by atoms with Crippen molar-refractivity contribution in [1.82, 2.24) is 9.47 Å². The Morgan fingerprint density at radius 2 is 1.87 bits per heavy atom. The molecule has 0 spiro atoms. The number of amides is 1. The number of methoxy groups -OCH3 is 1. The molecule has 0 aliphatic carbocycles. The van der Waals surface area contributed by atoms with Gasteiger partial charge in [0, 0.05) is 35.0 Å². The van der Waals surface area contributed by atoms with Crippen molar-refractivity contribution in [2.75, 3.05) is 13.7 Å². The number of carbonyl (C=O) groups excluding carboxylic acids is 1. The van der Waals surface area contributed by atoms with Crippen LogP contribution in [0.15, 0.2) is 71.3 Å². The standard InChI is InChI=1S/C25H29BrN2O2/c1-3-4-5-15-28(25(29)21-11-13-22(26)14-12-21)19-23-9-7-16-27(23)18-20-8-6-10-24(17-20)30-2/h6-14,16-17H,3-5,15,18-19H2,1-2H3. The molecule has 3 aromatic rings. The van der Waals surface area contributed by atoms with E-state index in [0.29, 0.717) is 6.54 Å². The first-order chi connectivity index (χ1) is 14.6. The Morgan fingerprint density at radius 3 is 2.60 bits per heavy atom. The molecule has 2 aromatic carbocycles. The van der Waals surface area contributed by atoms with Crippen LogP contribution in [0, 0.1) is 0 Å². The minimum Gasteiger partial charge on any atom is -0.497 e. The molecule has 4 nitrogen and oxygen atoms in total. The summed E-state index contributed by atoms with van der Waals surface area (Å²) in [7, 11) is 1.68. The van der Waals surface area contributed by atoms with Crippen molar-refractivity contribution < 1.29 is 9.53 Å². The molecule has 158 valence electrons. The summed E-state index contributed by atoms with van der Waals surface area (Å²) in [5.41, 5.74) is 3.02. The van der Waals surface area contributed by atoms with Crippen LogP contribution in [-0.4, -0.2) is 29.0 Å². The lowest BCUT2D eigenvalue weighted by molar-refractivity contribution is 0.0736. The number of hydrogen-bond acceptors (Lipinski definition) is 2. The normalized spacial score (nSPS) is 10.8. The monoisotopic (exact) mass is 468 g/mol. The Hall–Kier alpha value is -2.53. The number of unbranched alkanes of at least 4 members (excludes halogenated alkanes) is 2. The van der Waals surface area contributed by atoms with Crippen molar-refractivity contribution in [2.45, 2.75) is 39.3 Å². The van der Waals surface area contributed by atoms with Gasteiger partial charge in [0.2, 0.25) is 0 Å². The van der Waals surface area contributed by atoms with Crippen molar-refractivity contribution in [2.24, 2.45) is 0 Å². The number of halogens is 1. The molecule has 0 N–H and O–H groups in total. The van der Waals surface area contributed by atoms with Crippen LogP contribution in [0.2, 0.25) is 0 Å². The van der Waals surface area contributed by atoms with Crippen LogP contribution in [0.1, 0.15) is 47.8 Å². The van der Waals surface area contributed by atoms with E-state index >= 15 is 0 Å². The van der Waals surface area contributed by atoms with Gasteiger partial charge in [0.15, 0.2) is 0 Å². The minimum absolute atomic E-state index is 0.0766. The Balaban J connectivity index is 1.78. The molecule has 1 aromatic heterocycles. The summed E-state index contributed by atoms with van der Waals surface area (Å²) < 4.78 is 8.53. The molecule has 0 unspecified atom stereocenters. The molecular formula is C25H29BrN2O2. The summed E-state index contributed by atoms with van der Waals surface area (Å²) in [4.78, 5) is 15.2. The van der Waals surface area contributed by atoms with Gasteiger partial charge in [-0.3, -0.25) is 4.79 Å². The number of aromatic nitrogens is 1. The molecule has 0 atom stereocenters. The topological polar surface area (TPSA) is 34.5 Å². The lowest BCUT2D eigenvalue weighted by Crippen LogP contribution is -2.32. The predicted octanol–water partition coefficient (Wildman–Crippen LogP) is 6.14. The van der Waals surface area contributed by atoms with Crippen LogP contribution in [0.25, 0.3) is 0 Å². The van der Waals surface area contributed by atoms with Gasteiger partial charge in [-0.15, -0.1) is 0 Å². The average Bonchev–Trinajstić information content (AvgIpc) is 3.20. The van der Waals surface area contributed by atoms with Gasteiger partial charge in [-0.05, 0) is 60.5 Å². The van der Waals surface area contributed by atoms with Crippen LogP contribution in [-0.2, 0) is 13.1 Å². The highest BCUT2D eigenvalue weighted by atomic mass is 79.9. The third-order valence-electron chi connectivity index (χ3n) is 5.17. The molecule has 0 saturated heterocycles. The Morgan fingerprint density at radius 1 is 1.07 bits per heavy atom. The second-order valence-electron chi connectivity index (χ2n) is 7.42. The zero-order chi connectivity index (χ0) is 21.3. The molecule has 0 aliphatic heterocycles. The van der Waals surface area contributed by atoms with Crippen LogP contribution in [0.4, 0.5) is 0 Å². The van der Waals surface area contributed by atoms with E-state index in [1.165, 1.54) is 5.56 Å². The molecule has 1 heterocycles. The summed E-state index contributed by atoms with van der Waals surface area (Å²) >= 11 is 3.45. The lowest BCUT2D eigenvalue weighted by Gasteiger charge is -2.24. The SMILES string of the molecule is CCCCCN(Cc1cccn1Cc1cccc(OC)c1)C(=O)c1ccc(Br)cc1. The third kappa shape index (κ3) is 5.99. The molecule has 0 saturated carbocycles. The van der Waals surface area contributed by atoms with Gasteiger partial charge in [-0.1, -0.05) is 47.8 Å². The second-order valence-corrected chi connectivity index (χ2v) is 8.34. The molecular weight excluding hydrogens is 440 g/mol. The first kappa shape index (κ1) is 22.2. The number of rotatable bonds is 10. The molecule has 5 heteroatoms. The van der Waals surface area contributed by atoms with Crippen LogP contribution in [0.3, 0.4) is 0 Å². The van der Waals surface area contributed by atoms with Crippen molar-refractivity contribution in [3.05, 3.63) is 88.2 Å². The van der Waals surface area contributed by atoms with E-state index in [-0.39, 0.29) is 5.91 Å². The van der Waals surface area contributed by atoms with Gasteiger partial charge in [0.25, 0.3) is 5.91 Å². The molecule has 0 bridgehead atoms. The Bertz CT molecular complexity index is 950. The van der Waals surface area contributed by atoms with E-state index in [9.17, 15) is 4.79 Å². The van der Waals surface area contributed by atoms with E-state index < -0.39 is 0 Å². The smallest absolute Gasteiger partial charge is 0.254 e. The quantitative estimate of drug-likeness (QED) is 0.334. The zero-order valence-electron chi connectivity index (χ0n) is 17.7. The number of nitrogens with zero attached hydrogens (tertiary/aromatic N) is 2.